The molecule has 1 aromatic carbocycles. The number of amides is 2. The molecule has 1 aromatic heterocycles. The average Bonchev–Trinajstić information content (AvgIpc) is 2.79. The van der Waals surface area contributed by atoms with Gasteiger partial charge in [0.1, 0.15) is 5.56 Å². The number of benzene rings is 1. The molecule has 31 heavy (non-hydrogen) atoms. The van der Waals surface area contributed by atoms with Gasteiger partial charge in [0.05, 0.1) is 12.1 Å². The minimum absolute atomic E-state index is 0.0138. The van der Waals surface area contributed by atoms with Crippen molar-refractivity contribution in [2.24, 2.45) is 5.92 Å². The normalized spacial score (nSPS) is 14.2. The Hall–Kier alpha value is -2.93. The molecule has 0 atom stereocenters. The molecule has 0 spiro atoms. The van der Waals surface area contributed by atoms with Crippen LogP contribution < -0.4 is 21.5 Å². The predicted octanol–water partition coefficient (Wildman–Crippen LogP) is 2.16. The van der Waals surface area contributed by atoms with Crippen LogP contribution in [0.5, 0.6) is 0 Å². The lowest BCUT2D eigenvalue weighted by atomic mass is 9.93. The van der Waals surface area contributed by atoms with Gasteiger partial charge in [-0.15, -0.1) is 0 Å². The van der Waals surface area contributed by atoms with E-state index < -0.39 is 11.5 Å². The maximum absolute atomic E-state index is 12.9. The number of carbonyl (C=O) groups excluding carboxylic acids is 2. The molecule has 0 bridgehead atoms. The lowest BCUT2D eigenvalue weighted by Gasteiger charge is -2.22. The van der Waals surface area contributed by atoms with E-state index in [1.165, 1.54) is 23.5 Å². The number of aromatic nitrogens is 1. The summed E-state index contributed by atoms with van der Waals surface area (Å²) in [5, 5.41) is 8.97. The molecule has 166 valence electrons. The number of piperidine rings is 1. The quantitative estimate of drug-likeness (QED) is 0.538. The third-order valence-corrected chi connectivity index (χ3v) is 5.66. The molecule has 0 unspecified atom stereocenters. The minimum Gasteiger partial charge on any atom is -0.352 e. The van der Waals surface area contributed by atoms with Crippen LogP contribution in [-0.2, 0) is 6.54 Å². The zero-order valence-corrected chi connectivity index (χ0v) is 18.2. The number of nitrogens with zero attached hydrogens (tertiary/aromatic N) is 1. The van der Waals surface area contributed by atoms with Gasteiger partial charge in [0.2, 0.25) is 0 Å². The lowest BCUT2D eigenvalue weighted by Crippen LogP contribution is -2.35. The van der Waals surface area contributed by atoms with Crippen molar-refractivity contribution in [2.75, 3.05) is 26.2 Å². The van der Waals surface area contributed by atoms with Gasteiger partial charge >= 0.3 is 0 Å². The summed E-state index contributed by atoms with van der Waals surface area (Å²) in [7, 11) is 0. The second kappa shape index (κ2) is 11.5. The summed E-state index contributed by atoms with van der Waals surface area (Å²) in [4.78, 5) is 38.1. The second-order valence-corrected chi connectivity index (χ2v) is 8.01. The third-order valence-electron chi connectivity index (χ3n) is 5.66. The predicted molar refractivity (Wildman–Crippen MR) is 121 cm³/mol. The van der Waals surface area contributed by atoms with Crippen LogP contribution >= 0.6 is 0 Å². The second-order valence-electron chi connectivity index (χ2n) is 8.01. The van der Waals surface area contributed by atoms with Crippen LogP contribution in [0.1, 0.15) is 58.9 Å². The van der Waals surface area contributed by atoms with E-state index in [0.29, 0.717) is 25.2 Å². The van der Waals surface area contributed by atoms with Gasteiger partial charge in [-0.3, -0.25) is 14.4 Å². The van der Waals surface area contributed by atoms with E-state index in [4.69, 9.17) is 0 Å². The summed E-state index contributed by atoms with van der Waals surface area (Å²) >= 11 is 0. The third kappa shape index (κ3) is 6.52. The van der Waals surface area contributed by atoms with Crippen LogP contribution in [0.15, 0.2) is 47.4 Å². The standard InChI is InChI=1S/C24H32N4O3/c1-2-26-23(30)21-15-20(17-28(24(21)31)16-19-7-4-3-5-8-19)22(29)27-12-6-9-18-10-13-25-14-11-18/h3-5,7-8,15,17-18,25H,2,6,9-14,16H2,1H3,(H,26,30)(H,27,29). The Morgan fingerprint density at radius 1 is 1.10 bits per heavy atom. The van der Waals surface area contributed by atoms with Crippen molar-refractivity contribution in [2.45, 2.75) is 39.2 Å². The maximum atomic E-state index is 12.9. The number of hydrogen-bond donors (Lipinski definition) is 3. The molecule has 7 nitrogen and oxygen atoms in total. The van der Waals surface area contributed by atoms with E-state index >= 15 is 0 Å². The Kier molecular flexibility index (Phi) is 8.41. The Labute approximate surface area is 183 Å². The Bertz CT molecular complexity index is 934. The van der Waals surface area contributed by atoms with Crippen molar-refractivity contribution in [1.82, 2.24) is 20.5 Å². The van der Waals surface area contributed by atoms with Gasteiger partial charge in [-0.1, -0.05) is 30.3 Å². The molecule has 2 aromatic rings. The van der Waals surface area contributed by atoms with E-state index in [-0.39, 0.29) is 11.5 Å². The molecule has 1 aliphatic rings. The summed E-state index contributed by atoms with van der Waals surface area (Å²) in [6.07, 6.45) is 5.94. The van der Waals surface area contributed by atoms with Gasteiger partial charge < -0.3 is 20.5 Å². The first-order valence-corrected chi connectivity index (χ1v) is 11.1. The smallest absolute Gasteiger partial charge is 0.263 e. The fourth-order valence-corrected chi connectivity index (χ4v) is 3.94. The highest BCUT2D eigenvalue weighted by Crippen LogP contribution is 2.17. The fourth-order valence-electron chi connectivity index (χ4n) is 3.94. The molecule has 3 rings (SSSR count). The first-order chi connectivity index (χ1) is 15.1. The van der Waals surface area contributed by atoms with Crippen LogP contribution in [0.2, 0.25) is 0 Å². The molecule has 1 aliphatic heterocycles. The Morgan fingerprint density at radius 2 is 1.84 bits per heavy atom. The molecule has 1 fully saturated rings. The Balaban J connectivity index is 1.72. The van der Waals surface area contributed by atoms with Crippen molar-refractivity contribution < 1.29 is 9.59 Å². The summed E-state index contributed by atoms with van der Waals surface area (Å²) < 4.78 is 1.43. The van der Waals surface area contributed by atoms with Crippen LogP contribution in [-0.4, -0.2) is 42.6 Å². The van der Waals surface area contributed by atoms with E-state index in [9.17, 15) is 14.4 Å². The summed E-state index contributed by atoms with van der Waals surface area (Å²) in [5.74, 6) is -0.0113. The van der Waals surface area contributed by atoms with Crippen molar-refractivity contribution in [3.05, 3.63) is 69.6 Å². The molecule has 0 radical (unpaired) electrons. The largest absolute Gasteiger partial charge is 0.352 e. The van der Waals surface area contributed by atoms with Gasteiger partial charge in [0.15, 0.2) is 0 Å². The number of rotatable bonds is 9. The molecule has 3 N–H and O–H groups in total. The maximum Gasteiger partial charge on any atom is 0.263 e. The number of carbonyl (C=O) groups is 2. The van der Waals surface area contributed by atoms with Gasteiger partial charge in [-0.25, -0.2) is 0 Å². The number of hydrogen-bond acceptors (Lipinski definition) is 4. The van der Waals surface area contributed by atoms with Crippen molar-refractivity contribution >= 4 is 11.8 Å². The summed E-state index contributed by atoms with van der Waals surface area (Å²) in [5.41, 5.74) is 0.821. The molecular formula is C24H32N4O3. The molecule has 1 saturated heterocycles. The van der Waals surface area contributed by atoms with E-state index in [0.717, 1.165) is 37.4 Å². The first kappa shape index (κ1) is 22.7. The van der Waals surface area contributed by atoms with Gasteiger partial charge in [-0.2, -0.15) is 0 Å². The zero-order chi connectivity index (χ0) is 22.1. The molecule has 0 aliphatic carbocycles. The number of nitrogens with one attached hydrogen (secondary N) is 3. The highest BCUT2D eigenvalue weighted by Gasteiger charge is 2.18. The number of pyridine rings is 1. The lowest BCUT2D eigenvalue weighted by molar-refractivity contribution is 0.0951. The fraction of sp³-hybridized carbons (Fsp3) is 0.458. The summed E-state index contributed by atoms with van der Waals surface area (Å²) in [6, 6.07) is 10.9. The van der Waals surface area contributed by atoms with Gasteiger partial charge in [-0.05, 0) is 63.2 Å². The Morgan fingerprint density at radius 3 is 2.55 bits per heavy atom. The first-order valence-electron chi connectivity index (χ1n) is 11.1. The minimum atomic E-state index is -0.463. The van der Waals surface area contributed by atoms with Crippen LogP contribution in [0.25, 0.3) is 0 Å². The van der Waals surface area contributed by atoms with Crippen LogP contribution in [0.3, 0.4) is 0 Å². The molecule has 7 heteroatoms. The van der Waals surface area contributed by atoms with E-state index in [2.05, 4.69) is 16.0 Å². The monoisotopic (exact) mass is 424 g/mol. The van der Waals surface area contributed by atoms with Gasteiger partial charge in [0.25, 0.3) is 17.4 Å². The van der Waals surface area contributed by atoms with Crippen LogP contribution in [0, 0.1) is 5.92 Å². The van der Waals surface area contributed by atoms with Crippen LogP contribution in [0.4, 0.5) is 0 Å². The van der Waals surface area contributed by atoms with E-state index in [1.54, 1.807) is 13.1 Å². The average molecular weight is 425 g/mol. The highest BCUT2D eigenvalue weighted by molar-refractivity contribution is 5.99. The summed E-state index contributed by atoms with van der Waals surface area (Å²) in [6.45, 7) is 5.22. The molecule has 2 amide bonds. The van der Waals surface area contributed by atoms with Crippen molar-refractivity contribution in [3.63, 3.8) is 0 Å². The van der Waals surface area contributed by atoms with E-state index in [1.807, 2.05) is 30.3 Å². The van der Waals surface area contributed by atoms with Gasteiger partial charge in [0, 0.05) is 19.3 Å². The van der Waals surface area contributed by atoms with Crippen molar-refractivity contribution in [3.8, 4) is 0 Å². The molecule has 2 heterocycles. The molecule has 0 saturated carbocycles. The topological polar surface area (TPSA) is 92.2 Å². The SMILES string of the molecule is CCNC(=O)c1cc(C(=O)NCCCC2CCNCC2)cn(Cc2ccccc2)c1=O. The molecular weight excluding hydrogens is 392 g/mol. The highest BCUT2D eigenvalue weighted by atomic mass is 16.2. The zero-order valence-electron chi connectivity index (χ0n) is 18.2. The van der Waals surface area contributed by atoms with Crippen molar-refractivity contribution in [1.29, 1.82) is 0 Å².